The Hall–Kier alpha value is 0.0500. The molecule has 4 nitrogen and oxygen atoms in total. The zero-order valence-corrected chi connectivity index (χ0v) is 11.4. The molecule has 15 heavy (non-hydrogen) atoms. The number of thiophene rings is 1. The molecule has 2 N–H and O–H groups in total. The molecule has 0 radical (unpaired) electrons. The Morgan fingerprint density at radius 3 is 2.73 bits per heavy atom. The van der Waals surface area contributed by atoms with Gasteiger partial charge in [-0.05, 0) is 40.9 Å². The number of hydrogen-bond donors (Lipinski definition) is 2. The highest BCUT2D eigenvalue weighted by molar-refractivity contribution is 9.11. The van der Waals surface area contributed by atoms with E-state index in [1.165, 1.54) is 11.3 Å². The second-order valence-electron chi connectivity index (χ2n) is 3.00. The van der Waals surface area contributed by atoms with Gasteiger partial charge < -0.3 is 5.11 Å². The molecule has 0 amide bonds. The maximum Gasteiger partial charge on any atom is 0.250 e. The Bertz CT molecular complexity index is 408. The van der Waals surface area contributed by atoms with Gasteiger partial charge >= 0.3 is 0 Å². The minimum absolute atomic E-state index is 0.0182. The molecule has 1 heterocycles. The SMILES string of the molecule is Cc1cc(S(=O)(=O)NCCCO)sc1Br. The summed E-state index contributed by atoms with van der Waals surface area (Å²) in [5.41, 5.74) is 0.905. The van der Waals surface area contributed by atoms with Gasteiger partial charge in [0.25, 0.3) is 0 Å². The fourth-order valence-electron chi connectivity index (χ4n) is 0.921. The predicted molar refractivity (Wildman–Crippen MR) is 63.6 cm³/mol. The average Bonchev–Trinajstić information content (AvgIpc) is 2.48. The van der Waals surface area contributed by atoms with Crippen molar-refractivity contribution in [1.82, 2.24) is 4.72 Å². The quantitative estimate of drug-likeness (QED) is 0.809. The van der Waals surface area contributed by atoms with E-state index in [1.807, 2.05) is 6.92 Å². The molecule has 0 aliphatic rings. The van der Waals surface area contributed by atoms with Gasteiger partial charge in [-0.3, -0.25) is 0 Å². The largest absolute Gasteiger partial charge is 0.396 e. The van der Waals surface area contributed by atoms with Crippen molar-refractivity contribution in [3.05, 3.63) is 15.4 Å². The molecule has 0 atom stereocenters. The predicted octanol–water partition coefficient (Wildman–Crippen LogP) is 1.48. The van der Waals surface area contributed by atoms with Crippen molar-refractivity contribution < 1.29 is 13.5 Å². The molecule has 0 saturated heterocycles. The van der Waals surface area contributed by atoms with E-state index in [-0.39, 0.29) is 13.2 Å². The van der Waals surface area contributed by atoms with Gasteiger partial charge in [0.15, 0.2) is 0 Å². The van der Waals surface area contributed by atoms with Gasteiger partial charge in [-0.15, -0.1) is 11.3 Å². The van der Waals surface area contributed by atoms with Gasteiger partial charge in [0.1, 0.15) is 4.21 Å². The molecule has 0 aromatic carbocycles. The van der Waals surface area contributed by atoms with Crippen molar-refractivity contribution in [2.45, 2.75) is 17.6 Å². The van der Waals surface area contributed by atoms with Gasteiger partial charge in [-0.25, -0.2) is 13.1 Å². The van der Waals surface area contributed by atoms with Crippen molar-refractivity contribution in [2.75, 3.05) is 13.2 Å². The first-order valence-corrected chi connectivity index (χ1v) is 7.43. The maximum atomic E-state index is 11.7. The highest BCUT2D eigenvalue weighted by Crippen LogP contribution is 2.30. The molecule has 7 heteroatoms. The highest BCUT2D eigenvalue weighted by atomic mass is 79.9. The first-order valence-electron chi connectivity index (χ1n) is 4.34. The smallest absolute Gasteiger partial charge is 0.250 e. The summed E-state index contributed by atoms with van der Waals surface area (Å²) < 4.78 is 26.9. The molecular weight excluding hydrogens is 302 g/mol. The Balaban J connectivity index is 2.77. The number of halogens is 1. The van der Waals surface area contributed by atoms with Crippen LogP contribution in [0.5, 0.6) is 0 Å². The van der Waals surface area contributed by atoms with Crippen LogP contribution in [0.2, 0.25) is 0 Å². The molecule has 0 spiro atoms. The highest BCUT2D eigenvalue weighted by Gasteiger charge is 2.17. The normalized spacial score (nSPS) is 11.9. The van der Waals surface area contributed by atoms with E-state index in [4.69, 9.17) is 5.11 Å². The van der Waals surface area contributed by atoms with Crippen molar-refractivity contribution in [3.8, 4) is 0 Å². The fraction of sp³-hybridized carbons (Fsp3) is 0.500. The summed E-state index contributed by atoms with van der Waals surface area (Å²) in [5.74, 6) is 0. The molecule has 0 unspecified atom stereocenters. The number of rotatable bonds is 5. The van der Waals surface area contributed by atoms with Crippen LogP contribution in [0.1, 0.15) is 12.0 Å². The van der Waals surface area contributed by atoms with Gasteiger partial charge in [0.2, 0.25) is 10.0 Å². The zero-order valence-electron chi connectivity index (χ0n) is 8.16. The molecule has 86 valence electrons. The van der Waals surface area contributed by atoms with Gasteiger partial charge in [-0.1, -0.05) is 0 Å². The lowest BCUT2D eigenvalue weighted by Gasteiger charge is -2.02. The third-order valence-corrected chi connectivity index (χ3v) is 5.80. The van der Waals surface area contributed by atoms with Crippen molar-refractivity contribution in [2.24, 2.45) is 0 Å². The van der Waals surface area contributed by atoms with E-state index in [2.05, 4.69) is 20.7 Å². The number of aliphatic hydroxyl groups is 1. The fourth-order valence-corrected chi connectivity index (χ4v) is 4.27. The van der Waals surface area contributed by atoms with Crippen molar-refractivity contribution >= 4 is 37.3 Å². The molecule has 1 rings (SSSR count). The molecule has 0 aliphatic carbocycles. The summed E-state index contributed by atoms with van der Waals surface area (Å²) in [6.07, 6.45) is 0.421. The van der Waals surface area contributed by atoms with Crippen LogP contribution < -0.4 is 4.72 Å². The molecule has 0 bridgehead atoms. The first-order chi connectivity index (χ1) is 6.97. The zero-order chi connectivity index (χ0) is 11.5. The minimum atomic E-state index is -3.41. The van der Waals surface area contributed by atoms with E-state index >= 15 is 0 Å². The Morgan fingerprint density at radius 1 is 1.60 bits per heavy atom. The van der Waals surface area contributed by atoms with Crippen LogP contribution in [-0.4, -0.2) is 26.7 Å². The third-order valence-electron chi connectivity index (χ3n) is 1.73. The summed E-state index contributed by atoms with van der Waals surface area (Å²) in [6, 6.07) is 1.62. The van der Waals surface area contributed by atoms with Gasteiger partial charge in [0.05, 0.1) is 3.79 Å². The number of sulfonamides is 1. The van der Waals surface area contributed by atoms with E-state index in [1.54, 1.807) is 6.07 Å². The summed E-state index contributed by atoms with van der Waals surface area (Å²) in [5, 5.41) is 8.54. The second-order valence-corrected chi connectivity index (χ2v) is 7.36. The number of hydrogen-bond acceptors (Lipinski definition) is 4. The van der Waals surface area contributed by atoms with E-state index in [9.17, 15) is 8.42 Å². The average molecular weight is 314 g/mol. The van der Waals surface area contributed by atoms with Crippen LogP contribution in [0, 0.1) is 6.92 Å². The molecule has 1 aromatic heterocycles. The maximum absolute atomic E-state index is 11.7. The minimum Gasteiger partial charge on any atom is -0.396 e. The standard InChI is InChI=1S/C8H12BrNO3S2/c1-6-5-7(14-8(6)9)15(12,13)10-3-2-4-11/h5,10-11H,2-4H2,1H3. The Labute approximate surface area is 102 Å². The van der Waals surface area contributed by atoms with Crippen LogP contribution in [0.25, 0.3) is 0 Å². The second kappa shape index (κ2) is 5.40. The summed E-state index contributed by atoms with van der Waals surface area (Å²) in [7, 11) is -3.41. The molecule has 1 aromatic rings. The van der Waals surface area contributed by atoms with E-state index in [0.29, 0.717) is 10.6 Å². The van der Waals surface area contributed by atoms with Crippen LogP contribution in [0.3, 0.4) is 0 Å². The Kier molecular flexibility index (Phi) is 4.72. The van der Waals surface area contributed by atoms with E-state index in [0.717, 1.165) is 9.35 Å². The monoisotopic (exact) mass is 313 g/mol. The molecular formula is C8H12BrNO3S2. The third kappa shape index (κ3) is 3.53. The number of nitrogens with one attached hydrogen (secondary N) is 1. The van der Waals surface area contributed by atoms with Crippen molar-refractivity contribution in [3.63, 3.8) is 0 Å². The molecule has 0 saturated carbocycles. The topological polar surface area (TPSA) is 66.4 Å². The summed E-state index contributed by atoms with van der Waals surface area (Å²) in [6.45, 7) is 2.08. The number of aliphatic hydroxyl groups excluding tert-OH is 1. The van der Waals surface area contributed by atoms with Crippen LogP contribution >= 0.6 is 27.3 Å². The lowest BCUT2D eigenvalue weighted by atomic mass is 10.4. The lowest BCUT2D eigenvalue weighted by molar-refractivity contribution is 0.289. The van der Waals surface area contributed by atoms with Gasteiger partial charge in [-0.2, -0.15) is 0 Å². The van der Waals surface area contributed by atoms with Crippen LogP contribution in [-0.2, 0) is 10.0 Å². The van der Waals surface area contributed by atoms with E-state index < -0.39 is 10.0 Å². The van der Waals surface area contributed by atoms with Crippen LogP contribution in [0.15, 0.2) is 14.1 Å². The molecule has 0 fully saturated rings. The Morgan fingerprint density at radius 2 is 2.27 bits per heavy atom. The lowest BCUT2D eigenvalue weighted by Crippen LogP contribution is -2.24. The van der Waals surface area contributed by atoms with Gasteiger partial charge in [0, 0.05) is 13.2 Å². The van der Waals surface area contributed by atoms with Crippen LogP contribution in [0.4, 0.5) is 0 Å². The summed E-state index contributed by atoms with van der Waals surface area (Å²) in [4.78, 5) is 0. The molecule has 0 aliphatic heterocycles. The van der Waals surface area contributed by atoms with Crippen molar-refractivity contribution in [1.29, 1.82) is 0 Å². The number of aryl methyl sites for hydroxylation is 1. The summed E-state index contributed by atoms with van der Waals surface area (Å²) >= 11 is 4.46. The first kappa shape index (κ1) is 13.1.